The number of nitrogens with zero attached hydrogens (tertiary/aromatic N) is 3. The molecule has 1 fully saturated rings. The minimum absolute atomic E-state index is 0.154. The van der Waals surface area contributed by atoms with E-state index in [1.54, 1.807) is 4.68 Å². The molecule has 2 heterocycles. The first-order chi connectivity index (χ1) is 23.1. The summed E-state index contributed by atoms with van der Waals surface area (Å²) in [6.07, 6.45) is -0.549. The van der Waals surface area contributed by atoms with Gasteiger partial charge in [0.2, 0.25) is 0 Å². The quantitative estimate of drug-likeness (QED) is 0.159. The molecule has 48 heavy (non-hydrogen) atoms. The Kier molecular flexibility index (Phi) is 9.75. The van der Waals surface area contributed by atoms with E-state index in [0.29, 0.717) is 37.8 Å². The molecule has 6 rings (SSSR count). The number of aryl methyl sites for hydroxylation is 1. The molecule has 0 radical (unpaired) electrons. The molecule has 3 amide bonds. The smallest absolute Gasteiger partial charge is 0.324 e. The summed E-state index contributed by atoms with van der Waals surface area (Å²) in [7, 11) is 0. The Morgan fingerprint density at radius 2 is 1.62 bits per heavy atom. The van der Waals surface area contributed by atoms with Crippen LogP contribution in [-0.2, 0) is 14.9 Å². The number of ether oxygens (including phenoxy) is 2. The lowest BCUT2D eigenvalue weighted by Gasteiger charge is -2.32. The van der Waals surface area contributed by atoms with Crippen LogP contribution in [0.4, 0.5) is 22.0 Å². The topological polar surface area (TPSA) is 110 Å². The third-order valence-corrected chi connectivity index (χ3v) is 8.28. The fourth-order valence-electron chi connectivity index (χ4n) is 5.59. The van der Waals surface area contributed by atoms with Gasteiger partial charge in [-0.05, 0) is 43.3 Å². The van der Waals surface area contributed by atoms with Gasteiger partial charge in [0.15, 0.2) is 0 Å². The molecule has 5 aromatic rings. The molecule has 0 aliphatic carbocycles. The zero-order valence-corrected chi connectivity index (χ0v) is 27.8. The lowest BCUT2D eigenvalue weighted by molar-refractivity contribution is -0.133. The van der Waals surface area contributed by atoms with Crippen LogP contribution in [0.3, 0.4) is 0 Å². The first-order valence-electron chi connectivity index (χ1n) is 16.2. The zero-order chi connectivity index (χ0) is 33.7. The van der Waals surface area contributed by atoms with E-state index in [0.717, 1.165) is 45.7 Å². The van der Waals surface area contributed by atoms with Crippen molar-refractivity contribution >= 4 is 39.9 Å². The Morgan fingerprint density at radius 3 is 2.38 bits per heavy atom. The van der Waals surface area contributed by atoms with E-state index in [4.69, 9.17) is 14.6 Å². The molecule has 1 aliphatic heterocycles. The maximum absolute atomic E-state index is 13.4. The molecule has 1 atom stereocenters. The minimum atomic E-state index is -0.549. The van der Waals surface area contributed by atoms with Crippen molar-refractivity contribution in [1.82, 2.24) is 14.7 Å². The molecule has 1 unspecified atom stereocenters. The van der Waals surface area contributed by atoms with Crippen molar-refractivity contribution in [2.45, 2.75) is 39.2 Å². The second kappa shape index (κ2) is 14.3. The van der Waals surface area contributed by atoms with E-state index in [9.17, 15) is 9.59 Å². The monoisotopic (exact) mass is 646 g/mol. The molecule has 1 saturated heterocycles. The highest BCUT2D eigenvalue weighted by atomic mass is 16.5. The van der Waals surface area contributed by atoms with Crippen LogP contribution < -0.4 is 20.7 Å². The number of hydrogen-bond acceptors (Lipinski definition) is 6. The molecule has 3 N–H and O–H groups in total. The summed E-state index contributed by atoms with van der Waals surface area (Å²) in [4.78, 5) is 28.3. The standard InChI is InChI=1S/C38H42N6O4/c1-26-14-16-28(17-15-26)44-35(24-34(42-44)38(2,3)4)41-37(46)40-31-18-19-32(30-13-9-8-12-29(30)31)47-22-20-43-21-23-48-33(25-43)36(45)39-27-10-6-5-7-11-27/h5-19,24,33H,20-23,25H2,1-4H3,(H,39,45)(H2,40,41,46). The highest BCUT2D eigenvalue weighted by Crippen LogP contribution is 2.32. The molecule has 0 spiro atoms. The summed E-state index contributed by atoms with van der Waals surface area (Å²) in [5.74, 6) is 1.14. The minimum Gasteiger partial charge on any atom is -0.492 e. The van der Waals surface area contributed by atoms with Gasteiger partial charge in [0, 0.05) is 47.6 Å². The summed E-state index contributed by atoms with van der Waals surface area (Å²) in [6.45, 7) is 11.1. The normalized spacial score (nSPS) is 15.2. The number of hydrogen-bond donors (Lipinski definition) is 3. The largest absolute Gasteiger partial charge is 0.492 e. The van der Waals surface area contributed by atoms with Gasteiger partial charge in [0.05, 0.1) is 23.7 Å². The number of nitrogens with one attached hydrogen (secondary N) is 3. The number of benzene rings is 4. The van der Waals surface area contributed by atoms with Crippen LogP contribution in [0.25, 0.3) is 16.5 Å². The highest BCUT2D eigenvalue weighted by Gasteiger charge is 2.27. The van der Waals surface area contributed by atoms with Crippen LogP contribution in [0.1, 0.15) is 32.0 Å². The first kappa shape index (κ1) is 32.7. The number of rotatable bonds is 9. The predicted octanol–water partition coefficient (Wildman–Crippen LogP) is 6.99. The molecule has 1 aliphatic rings. The zero-order valence-electron chi connectivity index (χ0n) is 27.8. The second-order valence-corrected chi connectivity index (χ2v) is 13.0. The molecular formula is C38H42N6O4. The van der Waals surface area contributed by atoms with Crippen molar-refractivity contribution in [1.29, 1.82) is 0 Å². The van der Waals surface area contributed by atoms with Crippen LogP contribution in [0.5, 0.6) is 5.75 Å². The number of para-hydroxylation sites is 1. The van der Waals surface area contributed by atoms with Gasteiger partial charge >= 0.3 is 6.03 Å². The number of aromatic nitrogens is 2. The number of fused-ring (bicyclic) bond motifs is 1. The average Bonchev–Trinajstić information content (AvgIpc) is 3.51. The maximum Gasteiger partial charge on any atom is 0.324 e. The molecule has 0 bridgehead atoms. The summed E-state index contributed by atoms with van der Waals surface area (Å²) in [6, 6.07) is 30.5. The molecule has 10 nitrogen and oxygen atoms in total. The van der Waals surface area contributed by atoms with Gasteiger partial charge in [-0.3, -0.25) is 15.0 Å². The Morgan fingerprint density at radius 1 is 0.896 bits per heavy atom. The summed E-state index contributed by atoms with van der Waals surface area (Å²) >= 11 is 0. The third kappa shape index (κ3) is 7.84. The number of carbonyl (C=O) groups excluding carboxylic acids is 2. The third-order valence-electron chi connectivity index (χ3n) is 8.28. The van der Waals surface area contributed by atoms with Gasteiger partial charge in [-0.15, -0.1) is 0 Å². The predicted molar refractivity (Wildman–Crippen MR) is 190 cm³/mol. The van der Waals surface area contributed by atoms with E-state index < -0.39 is 6.10 Å². The van der Waals surface area contributed by atoms with E-state index in [-0.39, 0.29) is 17.4 Å². The SMILES string of the molecule is Cc1ccc(-n2nc(C(C)(C)C)cc2NC(=O)Nc2ccc(OCCN3CCOC(C(=O)Nc4ccccc4)C3)c3ccccc23)cc1. The second-order valence-electron chi connectivity index (χ2n) is 13.0. The van der Waals surface area contributed by atoms with E-state index in [2.05, 4.69) is 41.6 Å². The Hall–Kier alpha value is -5.19. The molecule has 1 aromatic heterocycles. The fraction of sp³-hybridized carbons (Fsp3) is 0.289. The van der Waals surface area contributed by atoms with Crippen molar-refractivity contribution in [3.05, 3.63) is 108 Å². The Balaban J connectivity index is 1.10. The van der Waals surface area contributed by atoms with E-state index in [1.807, 2.05) is 104 Å². The highest BCUT2D eigenvalue weighted by molar-refractivity contribution is 6.07. The fourth-order valence-corrected chi connectivity index (χ4v) is 5.59. The number of carbonyl (C=O) groups is 2. The lowest BCUT2D eigenvalue weighted by Crippen LogP contribution is -2.48. The summed E-state index contributed by atoms with van der Waals surface area (Å²) < 4.78 is 13.8. The van der Waals surface area contributed by atoms with Gasteiger partial charge in [-0.25, -0.2) is 9.48 Å². The molecule has 4 aromatic carbocycles. The van der Waals surface area contributed by atoms with Crippen LogP contribution in [0.15, 0.2) is 97.1 Å². The molecule has 10 heteroatoms. The van der Waals surface area contributed by atoms with Crippen molar-refractivity contribution in [3.63, 3.8) is 0 Å². The van der Waals surface area contributed by atoms with E-state index >= 15 is 0 Å². The average molecular weight is 647 g/mol. The lowest BCUT2D eigenvalue weighted by atomic mass is 9.92. The van der Waals surface area contributed by atoms with Crippen LogP contribution >= 0.6 is 0 Å². The van der Waals surface area contributed by atoms with Gasteiger partial charge in [-0.2, -0.15) is 5.10 Å². The number of urea groups is 1. The van der Waals surface area contributed by atoms with Gasteiger partial charge in [0.25, 0.3) is 5.91 Å². The number of anilines is 3. The summed E-state index contributed by atoms with van der Waals surface area (Å²) in [5.41, 5.74) is 4.09. The van der Waals surface area contributed by atoms with Crippen molar-refractivity contribution in [3.8, 4) is 11.4 Å². The Bertz CT molecular complexity index is 1880. The number of morpholine rings is 1. The maximum atomic E-state index is 13.4. The van der Waals surface area contributed by atoms with Crippen molar-refractivity contribution < 1.29 is 19.1 Å². The van der Waals surface area contributed by atoms with Gasteiger partial charge in [-0.1, -0.05) is 80.9 Å². The van der Waals surface area contributed by atoms with Crippen LogP contribution in [0.2, 0.25) is 0 Å². The van der Waals surface area contributed by atoms with Crippen molar-refractivity contribution in [2.75, 3.05) is 48.8 Å². The van der Waals surface area contributed by atoms with Crippen LogP contribution in [-0.4, -0.2) is 65.6 Å². The molecule has 0 saturated carbocycles. The van der Waals surface area contributed by atoms with Crippen molar-refractivity contribution in [2.24, 2.45) is 0 Å². The summed E-state index contributed by atoms with van der Waals surface area (Å²) in [5, 5.41) is 15.5. The number of amides is 3. The Labute approximate surface area is 281 Å². The van der Waals surface area contributed by atoms with Crippen LogP contribution in [0, 0.1) is 6.92 Å². The van der Waals surface area contributed by atoms with Gasteiger partial charge < -0.3 is 20.1 Å². The van der Waals surface area contributed by atoms with E-state index in [1.165, 1.54) is 0 Å². The van der Waals surface area contributed by atoms with Gasteiger partial charge in [0.1, 0.15) is 24.3 Å². The molecular weight excluding hydrogens is 604 g/mol. The first-order valence-corrected chi connectivity index (χ1v) is 16.2. The molecule has 248 valence electrons.